The third-order valence-corrected chi connectivity index (χ3v) is 11.2. The van der Waals surface area contributed by atoms with Crippen molar-refractivity contribution < 1.29 is 29.0 Å². The van der Waals surface area contributed by atoms with Crippen LogP contribution in [0.15, 0.2) is 54.6 Å². The highest BCUT2D eigenvalue weighted by molar-refractivity contribution is 8.02. The lowest BCUT2D eigenvalue weighted by Gasteiger charge is -2.37. The molecule has 4 fully saturated rings. The smallest absolute Gasteiger partial charge is 0.244 e. The van der Waals surface area contributed by atoms with Crippen LogP contribution in [0.25, 0.3) is 0 Å². The third kappa shape index (κ3) is 5.63. The van der Waals surface area contributed by atoms with E-state index in [1.807, 2.05) is 49.4 Å². The zero-order valence-electron chi connectivity index (χ0n) is 24.4. The van der Waals surface area contributed by atoms with Crippen LogP contribution in [-0.2, 0) is 19.1 Å². The number of thioether (sulfide) groups is 1. The number of likely N-dealkylation sites (tertiary alicyclic amines) is 1. The summed E-state index contributed by atoms with van der Waals surface area (Å²) >= 11 is 1.62. The number of carbonyl (C=O) groups is 3. The van der Waals surface area contributed by atoms with Crippen molar-refractivity contribution in [3.8, 4) is 5.75 Å². The fraction of sp³-hybridized carbons (Fsp3) is 0.531. The Balaban J connectivity index is 1.27. The molecule has 6 rings (SSSR count). The molecular weight excluding hydrogens is 568 g/mol. The summed E-state index contributed by atoms with van der Waals surface area (Å²) in [5.41, 5.74) is 1.39. The number of benzene rings is 2. The Morgan fingerprint density at radius 1 is 1.12 bits per heavy atom. The average Bonchev–Trinajstić information content (AvgIpc) is 3.67. The highest BCUT2D eigenvalue weighted by Crippen LogP contribution is 2.67. The van der Waals surface area contributed by atoms with E-state index in [0.29, 0.717) is 45.0 Å². The molecule has 2 aromatic rings. The molecule has 0 aromatic heterocycles. The molecule has 2 aromatic carbocycles. The Labute approximate surface area is 256 Å². The first-order chi connectivity index (χ1) is 21.0. The molecule has 1 spiro atoms. The van der Waals surface area contributed by atoms with E-state index in [1.165, 1.54) is 0 Å². The van der Waals surface area contributed by atoms with Crippen molar-refractivity contribution in [3.63, 3.8) is 0 Å². The molecule has 10 nitrogen and oxygen atoms in total. The number of nitrogens with zero attached hydrogens (tertiary/aromatic N) is 2. The second-order valence-electron chi connectivity index (χ2n) is 11.6. The van der Waals surface area contributed by atoms with Gasteiger partial charge in [-0.2, -0.15) is 0 Å². The maximum Gasteiger partial charge on any atom is 0.244 e. The Morgan fingerprint density at radius 3 is 2.56 bits per heavy atom. The van der Waals surface area contributed by atoms with E-state index in [1.54, 1.807) is 28.8 Å². The van der Waals surface area contributed by atoms with Gasteiger partial charge in [-0.3, -0.25) is 19.3 Å². The van der Waals surface area contributed by atoms with Crippen LogP contribution in [0.5, 0.6) is 5.75 Å². The van der Waals surface area contributed by atoms with E-state index in [0.717, 1.165) is 30.8 Å². The van der Waals surface area contributed by atoms with Crippen molar-refractivity contribution in [2.75, 3.05) is 57.9 Å². The standard InChI is InChI=1S/C32H40N4O6S/c1-2-42-23-10-8-22(9-11-23)34-29(38)26-25-12-13-32(43-25)27(26)31(40)36(24(20-37)21-6-4-3-5-7-21)28(32)30(39)33-14-15-35-16-18-41-19-17-35/h3-11,24-28,37H,2,12-20H2,1H3,(H,33,39)(H,34,38)/t24-,25+,26-,27+,28?,32?/m1/s1. The number of hydrogen-bond donors (Lipinski definition) is 3. The molecule has 4 saturated heterocycles. The van der Waals surface area contributed by atoms with Crippen molar-refractivity contribution in [2.45, 2.75) is 41.8 Å². The second kappa shape index (κ2) is 12.9. The molecule has 2 bridgehead atoms. The number of aliphatic hydroxyl groups excluding tert-OH is 1. The molecule has 3 N–H and O–H groups in total. The van der Waals surface area contributed by atoms with E-state index in [9.17, 15) is 19.5 Å². The number of nitrogens with one attached hydrogen (secondary N) is 2. The van der Waals surface area contributed by atoms with Crippen LogP contribution in [-0.4, -0.2) is 101 Å². The summed E-state index contributed by atoms with van der Waals surface area (Å²) in [6.45, 7) is 6.27. The third-order valence-electron chi connectivity index (χ3n) is 9.25. The number of anilines is 1. The van der Waals surface area contributed by atoms with Crippen LogP contribution in [0, 0.1) is 11.8 Å². The van der Waals surface area contributed by atoms with E-state index in [2.05, 4.69) is 15.5 Å². The quantitative estimate of drug-likeness (QED) is 0.356. The highest BCUT2D eigenvalue weighted by atomic mass is 32.2. The number of aliphatic hydroxyl groups is 1. The molecule has 43 heavy (non-hydrogen) atoms. The Kier molecular flexibility index (Phi) is 8.95. The minimum absolute atomic E-state index is 0.0632. The zero-order chi connectivity index (χ0) is 30.0. The van der Waals surface area contributed by atoms with Crippen LogP contribution in [0.2, 0.25) is 0 Å². The van der Waals surface area contributed by atoms with Crippen LogP contribution in [0.4, 0.5) is 5.69 Å². The lowest BCUT2D eigenvalue weighted by molar-refractivity contribution is -0.142. The Bertz CT molecular complexity index is 1310. The molecule has 0 radical (unpaired) electrons. The van der Waals surface area contributed by atoms with E-state index < -0.39 is 28.7 Å². The predicted molar refractivity (Wildman–Crippen MR) is 164 cm³/mol. The van der Waals surface area contributed by atoms with Crippen molar-refractivity contribution in [1.29, 1.82) is 0 Å². The van der Waals surface area contributed by atoms with Gasteiger partial charge in [0, 0.05) is 37.1 Å². The van der Waals surface area contributed by atoms with Crippen molar-refractivity contribution in [1.82, 2.24) is 15.1 Å². The first kappa shape index (κ1) is 29.9. The minimum Gasteiger partial charge on any atom is -0.494 e. The molecule has 11 heteroatoms. The van der Waals surface area contributed by atoms with Crippen LogP contribution in [0.1, 0.15) is 31.4 Å². The summed E-state index contributed by atoms with van der Waals surface area (Å²) in [7, 11) is 0. The summed E-state index contributed by atoms with van der Waals surface area (Å²) in [6.07, 6.45) is 1.41. The van der Waals surface area contributed by atoms with Gasteiger partial charge < -0.3 is 30.1 Å². The number of hydrogen-bond acceptors (Lipinski definition) is 8. The number of fused-ring (bicyclic) bond motifs is 1. The van der Waals surface area contributed by atoms with Gasteiger partial charge in [-0.1, -0.05) is 30.3 Å². The van der Waals surface area contributed by atoms with Gasteiger partial charge in [0.05, 0.1) is 49.1 Å². The van der Waals surface area contributed by atoms with E-state index >= 15 is 0 Å². The summed E-state index contributed by atoms with van der Waals surface area (Å²) in [6, 6.07) is 15.1. The molecule has 230 valence electrons. The van der Waals surface area contributed by atoms with Crippen LogP contribution in [0.3, 0.4) is 0 Å². The van der Waals surface area contributed by atoms with Crippen LogP contribution >= 0.6 is 11.8 Å². The van der Waals surface area contributed by atoms with Gasteiger partial charge in [-0.15, -0.1) is 11.8 Å². The Hall–Kier alpha value is -3.12. The number of morpholine rings is 1. The SMILES string of the molecule is CCOc1ccc(NC(=O)[C@@H]2[C@@H]3CCC4(S3)C(C(=O)NCCN3CCOCC3)N([C@H](CO)c3ccccc3)C(=O)[C@H]24)cc1. The fourth-order valence-corrected chi connectivity index (χ4v) is 9.55. The summed E-state index contributed by atoms with van der Waals surface area (Å²) < 4.78 is 10.2. The van der Waals surface area contributed by atoms with Gasteiger partial charge in [0.25, 0.3) is 0 Å². The van der Waals surface area contributed by atoms with Crippen molar-refractivity contribution in [2.24, 2.45) is 11.8 Å². The normalized spacial score (nSPS) is 28.9. The molecule has 4 aliphatic rings. The summed E-state index contributed by atoms with van der Waals surface area (Å²) in [4.78, 5) is 46.3. The van der Waals surface area contributed by atoms with Crippen molar-refractivity contribution >= 4 is 35.2 Å². The van der Waals surface area contributed by atoms with Gasteiger partial charge in [0.2, 0.25) is 17.7 Å². The molecule has 3 amide bonds. The number of carbonyl (C=O) groups excluding carboxylic acids is 3. The Morgan fingerprint density at radius 2 is 1.86 bits per heavy atom. The predicted octanol–water partition coefficient (Wildman–Crippen LogP) is 2.30. The zero-order valence-corrected chi connectivity index (χ0v) is 25.3. The van der Waals surface area contributed by atoms with E-state index in [4.69, 9.17) is 9.47 Å². The minimum atomic E-state index is -0.801. The van der Waals surface area contributed by atoms with Gasteiger partial charge in [0.1, 0.15) is 11.8 Å². The first-order valence-electron chi connectivity index (χ1n) is 15.2. The van der Waals surface area contributed by atoms with Gasteiger partial charge in [0.15, 0.2) is 0 Å². The van der Waals surface area contributed by atoms with Crippen molar-refractivity contribution in [3.05, 3.63) is 60.2 Å². The molecule has 4 heterocycles. The summed E-state index contributed by atoms with van der Waals surface area (Å²) in [5.74, 6) is -1.20. The average molecular weight is 609 g/mol. The van der Waals surface area contributed by atoms with E-state index in [-0.39, 0.29) is 29.6 Å². The molecule has 0 aliphatic carbocycles. The second-order valence-corrected chi connectivity index (χ2v) is 13.2. The van der Waals surface area contributed by atoms with Gasteiger partial charge in [-0.05, 0) is 49.6 Å². The maximum atomic E-state index is 14.5. The molecule has 0 saturated carbocycles. The number of ether oxygens (including phenoxy) is 2. The van der Waals surface area contributed by atoms with Gasteiger partial charge in [-0.25, -0.2) is 0 Å². The highest BCUT2D eigenvalue weighted by Gasteiger charge is 2.74. The lowest BCUT2D eigenvalue weighted by atomic mass is 9.70. The summed E-state index contributed by atoms with van der Waals surface area (Å²) in [5, 5.41) is 16.7. The van der Waals surface area contributed by atoms with Crippen LogP contribution < -0.4 is 15.4 Å². The maximum absolute atomic E-state index is 14.5. The monoisotopic (exact) mass is 608 g/mol. The van der Waals surface area contributed by atoms with Gasteiger partial charge >= 0.3 is 0 Å². The first-order valence-corrected chi connectivity index (χ1v) is 16.1. The number of amides is 3. The topological polar surface area (TPSA) is 120 Å². The fourth-order valence-electron chi connectivity index (χ4n) is 7.34. The molecule has 2 unspecified atom stereocenters. The molecule has 6 atom stereocenters. The lowest BCUT2D eigenvalue weighted by Crippen LogP contribution is -2.55. The molecular formula is C32H40N4O6S. The molecule has 4 aliphatic heterocycles. The number of rotatable bonds is 11. The largest absolute Gasteiger partial charge is 0.494 e.